The van der Waals surface area contributed by atoms with Crippen LogP contribution >= 0.6 is 0 Å². The van der Waals surface area contributed by atoms with E-state index in [1.807, 2.05) is 43.5 Å². The van der Waals surface area contributed by atoms with Crippen molar-refractivity contribution < 1.29 is 4.79 Å². The van der Waals surface area contributed by atoms with Crippen LogP contribution in [0.25, 0.3) is 0 Å². The molecular weight excluding hydrogens is 264 g/mol. The molecular formula is C16H22N4O. The number of hydrogen-bond acceptors (Lipinski definition) is 2. The number of rotatable bonds is 6. The fraction of sp³-hybridized carbons (Fsp3) is 0.375. The maximum atomic E-state index is 11.8. The van der Waals surface area contributed by atoms with Crippen molar-refractivity contribution >= 4 is 11.8 Å². The molecule has 0 aliphatic heterocycles. The van der Waals surface area contributed by atoms with Gasteiger partial charge >= 0.3 is 6.03 Å². The van der Waals surface area contributed by atoms with Crippen LogP contribution in [0.15, 0.2) is 42.6 Å². The van der Waals surface area contributed by atoms with E-state index < -0.39 is 0 Å². The van der Waals surface area contributed by atoms with E-state index in [2.05, 4.69) is 22.7 Å². The first-order valence-electron chi connectivity index (χ1n) is 7.32. The predicted molar refractivity (Wildman–Crippen MR) is 84.3 cm³/mol. The smallest absolute Gasteiger partial charge is 0.320 e. The van der Waals surface area contributed by atoms with Gasteiger partial charge in [-0.2, -0.15) is 5.10 Å². The summed E-state index contributed by atoms with van der Waals surface area (Å²) in [4.78, 5) is 11.8. The van der Waals surface area contributed by atoms with Crippen LogP contribution in [0.4, 0.5) is 10.6 Å². The molecule has 1 aromatic heterocycles. The molecule has 0 spiro atoms. The average Bonchev–Trinajstić information content (AvgIpc) is 2.87. The van der Waals surface area contributed by atoms with E-state index in [-0.39, 0.29) is 12.1 Å². The van der Waals surface area contributed by atoms with E-state index in [1.165, 1.54) is 5.56 Å². The quantitative estimate of drug-likeness (QED) is 0.856. The summed E-state index contributed by atoms with van der Waals surface area (Å²) < 4.78 is 1.81. The van der Waals surface area contributed by atoms with Gasteiger partial charge in [0, 0.05) is 18.3 Å². The van der Waals surface area contributed by atoms with Gasteiger partial charge in [-0.25, -0.2) is 4.79 Å². The number of anilines is 1. The summed E-state index contributed by atoms with van der Waals surface area (Å²) in [5, 5.41) is 9.99. The number of carbonyl (C=O) groups is 1. The molecule has 2 rings (SSSR count). The number of nitrogens with zero attached hydrogens (tertiary/aromatic N) is 2. The molecule has 0 bridgehead atoms. The fourth-order valence-corrected chi connectivity index (χ4v) is 2.17. The molecule has 112 valence electrons. The van der Waals surface area contributed by atoms with Gasteiger partial charge in [0.2, 0.25) is 0 Å². The average molecular weight is 286 g/mol. The molecule has 21 heavy (non-hydrogen) atoms. The minimum absolute atomic E-state index is 0.168. The molecule has 5 nitrogen and oxygen atoms in total. The van der Waals surface area contributed by atoms with Gasteiger partial charge in [-0.15, -0.1) is 0 Å². The maximum Gasteiger partial charge on any atom is 0.320 e. The van der Waals surface area contributed by atoms with Crippen LogP contribution in [0.2, 0.25) is 0 Å². The first-order chi connectivity index (χ1) is 10.2. The Bertz CT molecular complexity index is 565. The van der Waals surface area contributed by atoms with Gasteiger partial charge < -0.3 is 5.32 Å². The molecule has 0 radical (unpaired) electrons. The van der Waals surface area contributed by atoms with Crippen molar-refractivity contribution in [2.45, 2.75) is 39.3 Å². The number of aromatic nitrogens is 2. The molecule has 5 heteroatoms. The topological polar surface area (TPSA) is 59.0 Å². The summed E-state index contributed by atoms with van der Waals surface area (Å²) in [5.41, 5.74) is 1.17. The van der Waals surface area contributed by atoms with Crippen molar-refractivity contribution in [3.05, 3.63) is 48.2 Å². The summed E-state index contributed by atoms with van der Waals surface area (Å²) in [7, 11) is 0. The van der Waals surface area contributed by atoms with Crippen molar-refractivity contribution in [3.8, 4) is 0 Å². The third-order valence-electron chi connectivity index (χ3n) is 3.17. The Morgan fingerprint density at radius 3 is 2.76 bits per heavy atom. The molecule has 0 unspecified atom stereocenters. The van der Waals surface area contributed by atoms with E-state index in [4.69, 9.17) is 0 Å². The monoisotopic (exact) mass is 286 g/mol. The van der Waals surface area contributed by atoms with Crippen molar-refractivity contribution in [1.82, 2.24) is 15.1 Å². The molecule has 2 N–H and O–H groups in total. The largest absolute Gasteiger partial charge is 0.335 e. The molecule has 0 fully saturated rings. The van der Waals surface area contributed by atoms with Gasteiger partial charge in [0.1, 0.15) is 0 Å². The molecule has 2 amide bonds. The van der Waals surface area contributed by atoms with Crippen LogP contribution in [-0.2, 0) is 6.54 Å². The first kappa shape index (κ1) is 15.1. The summed E-state index contributed by atoms with van der Waals surface area (Å²) >= 11 is 0. The predicted octanol–water partition coefficient (Wildman–Crippen LogP) is 3.24. The zero-order valence-electron chi connectivity index (χ0n) is 12.5. The van der Waals surface area contributed by atoms with Crippen LogP contribution in [0.5, 0.6) is 0 Å². The van der Waals surface area contributed by atoms with E-state index in [1.54, 1.807) is 10.7 Å². The number of urea groups is 1. The van der Waals surface area contributed by atoms with Crippen LogP contribution in [0.1, 0.15) is 32.3 Å². The lowest BCUT2D eigenvalue weighted by atomic mass is 10.2. The standard InChI is InChI=1S/C16H22N4O/c1-3-7-13(2)17-16(21)18-15-10-11-20(19-15)12-14-8-5-4-6-9-14/h4-6,8-11,13H,3,7,12H2,1-2H3,(H2,17,18,19,21)/t13-/m0/s1. The number of amides is 2. The number of hydrogen-bond donors (Lipinski definition) is 2. The van der Waals surface area contributed by atoms with Gasteiger partial charge in [-0.05, 0) is 18.9 Å². The summed E-state index contributed by atoms with van der Waals surface area (Å²) in [6.45, 7) is 4.79. The number of nitrogens with one attached hydrogen (secondary N) is 2. The molecule has 0 aliphatic carbocycles. The van der Waals surface area contributed by atoms with Gasteiger partial charge in [0.05, 0.1) is 6.54 Å². The number of benzene rings is 1. The Labute approximate surface area is 125 Å². The Morgan fingerprint density at radius 2 is 2.05 bits per heavy atom. The highest BCUT2D eigenvalue weighted by Crippen LogP contribution is 2.06. The first-order valence-corrected chi connectivity index (χ1v) is 7.32. The maximum absolute atomic E-state index is 11.8. The van der Waals surface area contributed by atoms with E-state index >= 15 is 0 Å². The van der Waals surface area contributed by atoms with Gasteiger partial charge in [-0.1, -0.05) is 43.7 Å². The minimum atomic E-state index is -0.207. The Hall–Kier alpha value is -2.30. The Morgan fingerprint density at radius 1 is 1.29 bits per heavy atom. The zero-order chi connectivity index (χ0) is 15.1. The molecule has 1 atom stereocenters. The highest BCUT2D eigenvalue weighted by molar-refractivity contribution is 5.88. The van der Waals surface area contributed by atoms with Gasteiger partial charge in [-0.3, -0.25) is 10.00 Å². The van der Waals surface area contributed by atoms with Crippen molar-refractivity contribution in [1.29, 1.82) is 0 Å². The zero-order valence-corrected chi connectivity index (χ0v) is 12.5. The second kappa shape index (κ2) is 7.47. The highest BCUT2D eigenvalue weighted by Gasteiger charge is 2.08. The van der Waals surface area contributed by atoms with Crippen LogP contribution in [-0.4, -0.2) is 21.9 Å². The Kier molecular flexibility index (Phi) is 5.37. The van der Waals surface area contributed by atoms with Crippen molar-refractivity contribution in [2.24, 2.45) is 0 Å². The van der Waals surface area contributed by atoms with Crippen LogP contribution < -0.4 is 10.6 Å². The third-order valence-corrected chi connectivity index (χ3v) is 3.17. The molecule has 0 saturated carbocycles. The van der Waals surface area contributed by atoms with Crippen LogP contribution in [0, 0.1) is 0 Å². The molecule has 1 aromatic carbocycles. The van der Waals surface area contributed by atoms with Crippen molar-refractivity contribution in [3.63, 3.8) is 0 Å². The number of carbonyl (C=O) groups excluding carboxylic acids is 1. The van der Waals surface area contributed by atoms with Crippen molar-refractivity contribution in [2.75, 3.05) is 5.32 Å². The lowest BCUT2D eigenvalue weighted by Gasteiger charge is -2.12. The lowest BCUT2D eigenvalue weighted by Crippen LogP contribution is -2.36. The molecule has 1 heterocycles. The van der Waals surface area contributed by atoms with E-state index in [9.17, 15) is 4.79 Å². The van der Waals surface area contributed by atoms with E-state index in [0.29, 0.717) is 12.4 Å². The highest BCUT2D eigenvalue weighted by atomic mass is 16.2. The summed E-state index contributed by atoms with van der Waals surface area (Å²) in [5.74, 6) is 0.562. The minimum Gasteiger partial charge on any atom is -0.335 e. The SMILES string of the molecule is CCC[C@H](C)NC(=O)Nc1ccn(Cc2ccccc2)n1. The van der Waals surface area contributed by atoms with E-state index in [0.717, 1.165) is 12.8 Å². The third kappa shape index (κ3) is 4.95. The van der Waals surface area contributed by atoms with Gasteiger partial charge in [0.25, 0.3) is 0 Å². The Balaban J connectivity index is 1.87. The summed E-state index contributed by atoms with van der Waals surface area (Å²) in [6.07, 6.45) is 3.88. The molecule has 0 saturated heterocycles. The normalized spacial score (nSPS) is 11.9. The second-order valence-electron chi connectivity index (χ2n) is 5.17. The molecule has 0 aliphatic rings. The molecule has 2 aromatic rings. The second-order valence-corrected chi connectivity index (χ2v) is 5.17. The lowest BCUT2D eigenvalue weighted by molar-refractivity contribution is 0.248. The van der Waals surface area contributed by atoms with Gasteiger partial charge in [0.15, 0.2) is 5.82 Å². The summed E-state index contributed by atoms with van der Waals surface area (Å²) in [6, 6.07) is 11.8. The van der Waals surface area contributed by atoms with Crippen LogP contribution in [0.3, 0.4) is 0 Å². The fourth-order valence-electron chi connectivity index (χ4n) is 2.17.